The molecule has 5 nitrogen and oxygen atoms in total. The summed E-state index contributed by atoms with van der Waals surface area (Å²) >= 11 is 0. The summed E-state index contributed by atoms with van der Waals surface area (Å²) in [5.41, 5.74) is 1.83. The summed E-state index contributed by atoms with van der Waals surface area (Å²) in [6.07, 6.45) is 2.46. The first-order valence-corrected chi connectivity index (χ1v) is 6.83. The molecule has 0 bridgehead atoms. The van der Waals surface area contributed by atoms with Crippen LogP contribution in [0.3, 0.4) is 0 Å². The molecule has 0 aliphatic rings. The van der Waals surface area contributed by atoms with Gasteiger partial charge in [0.15, 0.2) is 0 Å². The average molecular weight is 291 g/mol. The number of aliphatic carboxylic acids is 1. The van der Waals surface area contributed by atoms with Crippen molar-refractivity contribution in [1.82, 2.24) is 15.1 Å². The number of benzene rings is 1. The first-order valence-electron chi connectivity index (χ1n) is 6.83. The summed E-state index contributed by atoms with van der Waals surface area (Å²) in [4.78, 5) is 12.7. The number of aromatic nitrogens is 2. The Labute approximate surface area is 122 Å². The van der Waals surface area contributed by atoms with E-state index in [2.05, 4.69) is 10.2 Å². The van der Waals surface area contributed by atoms with Crippen LogP contribution in [0.2, 0.25) is 0 Å². The minimum atomic E-state index is -0.876. The fourth-order valence-electron chi connectivity index (χ4n) is 2.29. The lowest BCUT2D eigenvalue weighted by atomic mass is 10.1. The van der Waals surface area contributed by atoms with Crippen molar-refractivity contribution < 1.29 is 14.3 Å². The van der Waals surface area contributed by atoms with Crippen molar-refractivity contribution in [3.8, 4) is 11.3 Å². The van der Waals surface area contributed by atoms with Crippen molar-refractivity contribution in [2.75, 3.05) is 13.1 Å². The number of carboxylic acid groups (broad SMARTS) is 1. The number of halogens is 1. The summed E-state index contributed by atoms with van der Waals surface area (Å²) in [5, 5.41) is 15.7. The molecular formula is C15H18FN3O2. The normalized spacial score (nSPS) is 11.0. The van der Waals surface area contributed by atoms with Gasteiger partial charge in [-0.25, -0.2) is 4.39 Å². The lowest BCUT2D eigenvalue weighted by Crippen LogP contribution is -2.30. The van der Waals surface area contributed by atoms with Crippen LogP contribution in [0.5, 0.6) is 0 Å². The number of nitrogens with one attached hydrogen (secondary N) is 1. The SMILES string of the molecule is CCCN(CC(=O)O)Cc1cn[nH]c1-c1ccccc1F. The van der Waals surface area contributed by atoms with Gasteiger partial charge in [0.1, 0.15) is 5.82 Å². The first-order chi connectivity index (χ1) is 10.1. The van der Waals surface area contributed by atoms with Crippen molar-refractivity contribution in [2.45, 2.75) is 19.9 Å². The van der Waals surface area contributed by atoms with Crippen LogP contribution in [0.4, 0.5) is 4.39 Å². The second-order valence-electron chi connectivity index (χ2n) is 4.85. The van der Waals surface area contributed by atoms with Crippen LogP contribution in [-0.2, 0) is 11.3 Å². The van der Waals surface area contributed by atoms with Crippen molar-refractivity contribution in [1.29, 1.82) is 0 Å². The predicted molar refractivity (Wildman–Crippen MR) is 77.2 cm³/mol. The fraction of sp³-hybridized carbons (Fsp3) is 0.333. The van der Waals surface area contributed by atoms with Crippen LogP contribution < -0.4 is 0 Å². The van der Waals surface area contributed by atoms with Gasteiger partial charge < -0.3 is 5.11 Å². The maximum atomic E-state index is 13.9. The van der Waals surface area contributed by atoms with Gasteiger partial charge in [-0.05, 0) is 25.1 Å². The highest BCUT2D eigenvalue weighted by molar-refractivity contribution is 5.69. The fourth-order valence-corrected chi connectivity index (χ4v) is 2.29. The molecule has 0 unspecified atom stereocenters. The maximum absolute atomic E-state index is 13.9. The molecule has 112 valence electrons. The molecule has 1 aromatic heterocycles. The topological polar surface area (TPSA) is 69.2 Å². The largest absolute Gasteiger partial charge is 0.480 e. The molecule has 2 N–H and O–H groups in total. The van der Waals surface area contributed by atoms with Crippen LogP contribution in [-0.4, -0.2) is 39.3 Å². The highest BCUT2D eigenvalue weighted by Gasteiger charge is 2.16. The van der Waals surface area contributed by atoms with E-state index in [9.17, 15) is 9.18 Å². The summed E-state index contributed by atoms with van der Waals surface area (Å²) in [7, 11) is 0. The molecule has 0 fully saturated rings. The van der Waals surface area contributed by atoms with Crippen molar-refractivity contribution >= 4 is 5.97 Å². The van der Waals surface area contributed by atoms with Gasteiger partial charge in [0, 0.05) is 17.7 Å². The summed E-state index contributed by atoms with van der Waals surface area (Å²) in [6, 6.07) is 6.45. The summed E-state index contributed by atoms with van der Waals surface area (Å²) in [5.74, 6) is -1.21. The summed E-state index contributed by atoms with van der Waals surface area (Å²) in [6.45, 7) is 3.02. The van der Waals surface area contributed by atoms with E-state index in [1.54, 1.807) is 29.3 Å². The molecule has 21 heavy (non-hydrogen) atoms. The van der Waals surface area contributed by atoms with Gasteiger partial charge in [-0.3, -0.25) is 14.8 Å². The number of aromatic amines is 1. The Morgan fingerprint density at radius 3 is 2.86 bits per heavy atom. The minimum absolute atomic E-state index is 0.0459. The lowest BCUT2D eigenvalue weighted by molar-refractivity contribution is -0.138. The zero-order chi connectivity index (χ0) is 15.2. The minimum Gasteiger partial charge on any atom is -0.480 e. The highest BCUT2D eigenvalue weighted by atomic mass is 19.1. The second-order valence-corrected chi connectivity index (χ2v) is 4.85. The smallest absolute Gasteiger partial charge is 0.317 e. The van der Waals surface area contributed by atoms with Crippen molar-refractivity contribution in [3.05, 3.63) is 41.8 Å². The molecule has 0 saturated carbocycles. The molecular weight excluding hydrogens is 273 g/mol. The van der Waals surface area contributed by atoms with Gasteiger partial charge in [-0.15, -0.1) is 0 Å². The van der Waals surface area contributed by atoms with E-state index >= 15 is 0 Å². The molecule has 0 aliphatic carbocycles. The average Bonchev–Trinajstić information content (AvgIpc) is 2.87. The molecule has 6 heteroatoms. The van der Waals surface area contributed by atoms with Gasteiger partial charge in [0.05, 0.1) is 18.4 Å². The number of H-pyrrole nitrogens is 1. The van der Waals surface area contributed by atoms with E-state index in [1.165, 1.54) is 6.07 Å². The zero-order valence-corrected chi connectivity index (χ0v) is 11.8. The van der Waals surface area contributed by atoms with Crippen molar-refractivity contribution in [2.24, 2.45) is 0 Å². The van der Waals surface area contributed by atoms with E-state index in [-0.39, 0.29) is 12.4 Å². The van der Waals surface area contributed by atoms with Gasteiger partial charge in [0.2, 0.25) is 0 Å². The highest BCUT2D eigenvalue weighted by Crippen LogP contribution is 2.24. The van der Waals surface area contributed by atoms with Crippen LogP contribution in [0, 0.1) is 5.82 Å². The molecule has 0 aliphatic heterocycles. The Hall–Kier alpha value is -2.21. The Kier molecular flexibility index (Phi) is 5.05. The standard InChI is InChI=1S/C15H18FN3O2/c1-2-7-19(10-14(20)21)9-11-8-17-18-15(11)12-5-3-4-6-13(12)16/h3-6,8H,2,7,9-10H2,1H3,(H,17,18)(H,20,21). The Bertz CT molecular complexity index is 612. The molecule has 0 amide bonds. The van der Waals surface area contributed by atoms with E-state index in [4.69, 9.17) is 5.11 Å². The Balaban J connectivity index is 2.23. The number of hydrogen-bond acceptors (Lipinski definition) is 3. The van der Waals surface area contributed by atoms with E-state index in [1.807, 2.05) is 6.92 Å². The van der Waals surface area contributed by atoms with Crippen LogP contribution in [0.15, 0.2) is 30.5 Å². The number of rotatable bonds is 7. The van der Waals surface area contributed by atoms with Crippen LogP contribution in [0.1, 0.15) is 18.9 Å². The lowest BCUT2D eigenvalue weighted by Gasteiger charge is -2.19. The number of carboxylic acids is 1. The van der Waals surface area contributed by atoms with E-state index < -0.39 is 5.97 Å². The van der Waals surface area contributed by atoms with Gasteiger partial charge in [-0.2, -0.15) is 5.10 Å². The predicted octanol–water partition coefficient (Wildman–Crippen LogP) is 2.51. The molecule has 0 radical (unpaired) electrons. The van der Waals surface area contributed by atoms with Crippen LogP contribution in [0.25, 0.3) is 11.3 Å². The van der Waals surface area contributed by atoms with Gasteiger partial charge >= 0.3 is 5.97 Å². The number of carbonyl (C=O) groups is 1. The molecule has 2 aromatic rings. The third-order valence-electron chi connectivity index (χ3n) is 3.15. The molecule has 0 atom stereocenters. The summed E-state index contributed by atoms with van der Waals surface area (Å²) < 4.78 is 13.9. The van der Waals surface area contributed by atoms with Gasteiger partial charge in [-0.1, -0.05) is 19.1 Å². The number of hydrogen-bond donors (Lipinski definition) is 2. The molecule has 2 rings (SSSR count). The molecule has 1 aromatic carbocycles. The number of nitrogens with zero attached hydrogens (tertiary/aromatic N) is 2. The third-order valence-corrected chi connectivity index (χ3v) is 3.15. The molecule has 0 spiro atoms. The Morgan fingerprint density at radius 1 is 1.43 bits per heavy atom. The molecule has 0 saturated heterocycles. The zero-order valence-electron chi connectivity index (χ0n) is 11.8. The van der Waals surface area contributed by atoms with Gasteiger partial charge in [0.25, 0.3) is 0 Å². The first kappa shape index (κ1) is 15.2. The quantitative estimate of drug-likeness (QED) is 0.822. The third kappa shape index (κ3) is 3.88. The van der Waals surface area contributed by atoms with E-state index in [0.29, 0.717) is 24.3 Å². The monoisotopic (exact) mass is 291 g/mol. The van der Waals surface area contributed by atoms with Crippen LogP contribution >= 0.6 is 0 Å². The molecule has 1 heterocycles. The van der Waals surface area contributed by atoms with Crippen molar-refractivity contribution in [3.63, 3.8) is 0 Å². The van der Waals surface area contributed by atoms with E-state index in [0.717, 1.165) is 12.0 Å². The maximum Gasteiger partial charge on any atom is 0.317 e. The Morgan fingerprint density at radius 2 is 2.19 bits per heavy atom. The second kappa shape index (κ2) is 6.99.